The first kappa shape index (κ1) is 21.4. The normalized spacial score (nSPS) is 16.9. The summed E-state index contributed by atoms with van der Waals surface area (Å²) in [5.41, 5.74) is -0.0927. The molecule has 2 aromatic carbocycles. The molecule has 1 aliphatic heterocycles. The lowest BCUT2D eigenvalue weighted by Crippen LogP contribution is -2.28. The molecule has 0 unspecified atom stereocenters. The van der Waals surface area contributed by atoms with Gasteiger partial charge in [0.2, 0.25) is 0 Å². The molecule has 4 nitrogen and oxygen atoms in total. The molecule has 0 saturated carbocycles. The van der Waals surface area contributed by atoms with Crippen LogP contribution >= 0.6 is 0 Å². The molecule has 0 spiro atoms. The van der Waals surface area contributed by atoms with Crippen molar-refractivity contribution in [2.75, 3.05) is 7.11 Å². The zero-order valence-corrected chi connectivity index (χ0v) is 16.7. The molecule has 7 heteroatoms. The molecular weight excluding hydrogens is 395 g/mol. The Morgan fingerprint density at radius 1 is 1.07 bits per heavy atom. The highest BCUT2D eigenvalue weighted by Gasteiger charge is 2.40. The number of allylic oxidation sites excluding steroid dienone is 1. The van der Waals surface area contributed by atoms with Gasteiger partial charge in [0.05, 0.1) is 29.9 Å². The first-order valence-electron chi connectivity index (χ1n) is 9.22. The highest BCUT2D eigenvalue weighted by Crippen LogP contribution is 2.39. The van der Waals surface area contributed by atoms with E-state index in [2.05, 4.69) is 0 Å². The van der Waals surface area contributed by atoms with Crippen LogP contribution in [0.4, 0.5) is 13.2 Å². The van der Waals surface area contributed by atoms with Gasteiger partial charge in [-0.3, -0.25) is 4.79 Å². The van der Waals surface area contributed by atoms with Gasteiger partial charge in [-0.1, -0.05) is 48.5 Å². The van der Waals surface area contributed by atoms with Crippen LogP contribution in [0.5, 0.6) is 0 Å². The second-order valence-electron chi connectivity index (χ2n) is 6.86. The predicted molar refractivity (Wildman–Crippen MR) is 106 cm³/mol. The fourth-order valence-electron chi connectivity index (χ4n) is 3.58. The zero-order valence-electron chi connectivity index (χ0n) is 16.7. The summed E-state index contributed by atoms with van der Waals surface area (Å²) in [5.74, 6) is -1.33. The minimum Gasteiger partial charge on any atom is -0.465 e. The first-order valence-corrected chi connectivity index (χ1v) is 9.22. The van der Waals surface area contributed by atoms with Crippen molar-refractivity contribution in [2.24, 2.45) is 0 Å². The Morgan fingerprint density at radius 3 is 2.27 bits per heavy atom. The molecule has 0 fully saturated rings. The van der Waals surface area contributed by atoms with Crippen LogP contribution in [-0.2, 0) is 20.5 Å². The molecule has 1 heterocycles. The van der Waals surface area contributed by atoms with E-state index in [4.69, 9.17) is 4.74 Å². The SMILES string of the molecule is COC(=O)C1=C(C)N([C@@H](C)c2ccccc2)C(=O)/C1=C\c1ccccc1C(F)(F)F. The highest BCUT2D eigenvalue weighted by molar-refractivity contribution is 6.16. The highest BCUT2D eigenvalue weighted by atomic mass is 19.4. The van der Waals surface area contributed by atoms with Crippen molar-refractivity contribution in [3.05, 3.63) is 88.1 Å². The number of amides is 1. The Kier molecular flexibility index (Phi) is 5.82. The number of halogens is 3. The van der Waals surface area contributed by atoms with E-state index in [0.717, 1.165) is 24.8 Å². The van der Waals surface area contributed by atoms with Crippen LogP contribution in [0.2, 0.25) is 0 Å². The summed E-state index contributed by atoms with van der Waals surface area (Å²) < 4.78 is 45.1. The smallest absolute Gasteiger partial charge is 0.416 e. The van der Waals surface area contributed by atoms with E-state index in [0.29, 0.717) is 5.70 Å². The van der Waals surface area contributed by atoms with Crippen molar-refractivity contribution >= 4 is 18.0 Å². The second-order valence-corrected chi connectivity index (χ2v) is 6.86. The quantitative estimate of drug-likeness (QED) is 0.513. The molecule has 0 N–H and O–H groups in total. The topological polar surface area (TPSA) is 46.6 Å². The third-order valence-corrected chi connectivity index (χ3v) is 5.07. The minimum atomic E-state index is -4.60. The summed E-state index contributed by atoms with van der Waals surface area (Å²) in [5, 5.41) is 0. The number of benzene rings is 2. The Morgan fingerprint density at radius 2 is 1.67 bits per heavy atom. The van der Waals surface area contributed by atoms with Crippen LogP contribution < -0.4 is 0 Å². The van der Waals surface area contributed by atoms with Crippen LogP contribution in [-0.4, -0.2) is 23.9 Å². The molecule has 156 valence electrons. The Hall–Kier alpha value is -3.35. The lowest BCUT2D eigenvalue weighted by atomic mass is 10.00. The molecule has 1 aliphatic rings. The van der Waals surface area contributed by atoms with Crippen molar-refractivity contribution in [3.63, 3.8) is 0 Å². The van der Waals surface area contributed by atoms with E-state index in [1.807, 2.05) is 30.3 Å². The van der Waals surface area contributed by atoms with Gasteiger partial charge in [0.15, 0.2) is 0 Å². The number of rotatable bonds is 4. The largest absolute Gasteiger partial charge is 0.465 e. The maximum Gasteiger partial charge on any atom is 0.416 e. The first-order chi connectivity index (χ1) is 14.2. The van der Waals surface area contributed by atoms with Gasteiger partial charge in [0, 0.05) is 5.70 Å². The van der Waals surface area contributed by atoms with E-state index in [-0.39, 0.29) is 16.7 Å². The average Bonchev–Trinajstić information content (AvgIpc) is 2.97. The number of hydrogen-bond donors (Lipinski definition) is 0. The van der Waals surface area contributed by atoms with Gasteiger partial charge in [0.25, 0.3) is 5.91 Å². The molecule has 0 aliphatic carbocycles. The fraction of sp³-hybridized carbons (Fsp3) is 0.217. The van der Waals surface area contributed by atoms with Crippen molar-refractivity contribution in [3.8, 4) is 0 Å². The third kappa shape index (κ3) is 3.87. The summed E-state index contributed by atoms with van der Waals surface area (Å²) in [6.07, 6.45) is -3.49. The fourth-order valence-corrected chi connectivity index (χ4v) is 3.58. The Bertz CT molecular complexity index is 1040. The minimum absolute atomic E-state index is 0.0396. The number of carbonyl (C=O) groups excluding carboxylic acids is 2. The van der Waals surface area contributed by atoms with Crippen LogP contribution in [0.3, 0.4) is 0 Å². The van der Waals surface area contributed by atoms with Gasteiger partial charge in [-0.25, -0.2) is 4.79 Å². The van der Waals surface area contributed by atoms with Crippen molar-refractivity contribution in [1.29, 1.82) is 0 Å². The summed E-state index contributed by atoms with van der Waals surface area (Å²) in [6.45, 7) is 3.37. The van der Waals surface area contributed by atoms with E-state index >= 15 is 0 Å². The zero-order chi connectivity index (χ0) is 22.1. The molecule has 0 saturated heterocycles. The van der Waals surface area contributed by atoms with Gasteiger partial charge in [-0.05, 0) is 37.1 Å². The molecule has 1 atom stereocenters. The summed E-state index contributed by atoms with van der Waals surface area (Å²) in [7, 11) is 1.16. The maximum atomic E-state index is 13.4. The van der Waals surface area contributed by atoms with Crippen molar-refractivity contribution in [1.82, 2.24) is 4.90 Å². The molecular formula is C23H20F3NO3. The average molecular weight is 415 g/mol. The Labute approximate surface area is 172 Å². The molecule has 0 aromatic heterocycles. The molecule has 1 amide bonds. The number of nitrogens with zero attached hydrogens (tertiary/aromatic N) is 1. The van der Waals surface area contributed by atoms with Gasteiger partial charge >= 0.3 is 12.1 Å². The van der Waals surface area contributed by atoms with E-state index in [1.54, 1.807) is 13.8 Å². The molecule has 0 radical (unpaired) electrons. The van der Waals surface area contributed by atoms with Gasteiger partial charge in [-0.2, -0.15) is 13.2 Å². The van der Waals surface area contributed by atoms with Gasteiger partial charge in [-0.15, -0.1) is 0 Å². The number of methoxy groups -OCH3 is 1. The predicted octanol–water partition coefficient (Wildman–Crippen LogP) is 5.14. The number of alkyl halides is 3. The Balaban J connectivity index is 2.15. The number of carbonyl (C=O) groups is 2. The lowest BCUT2D eigenvalue weighted by Gasteiger charge is -2.26. The number of ether oxygens (including phenoxy) is 1. The maximum absolute atomic E-state index is 13.4. The van der Waals surface area contributed by atoms with Crippen LogP contribution in [0.1, 0.15) is 36.6 Å². The van der Waals surface area contributed by atoms with E-state index in [1.165, 1.54) is 23.1 Å². The molecule has 0 bridgehead atoms. The summed E-state index contributed by atoms with van der Waals surface area (Å²) in [4.78, 5) is 27.1. The van der Waals surface area contributed by atoms with Crippen molar-refractivity contribution < 1.29 is 27.5 Å². The molecule has 2 aromatic rings. The van der Waals surface area contributed by atoms with Gasteiger partial charge < -0.3 is 9.64 Å². The second kappa shape index (κ2) is 8.18. The van der Waals surface area contributed by atoms with E-state index < -0.39 is 29.7 Å². The van der Waals surface area contributed by atoms with Crippen LogP contribution in [0.25, 0.3) is 6.08 Å². The summed E-state index contributed by atoms with van der Waals surface area (Å²) in [6, 6.07) is 13.6. The monoisotopic (exact) mass is 415 g/mol. The lowest BCUT2D eigenvalue weighted by molar-refractivity contribution is -0.138. The van der Waals surface area contributed by atoms with Crippen LogP contribution in [0.15, 0.2) is 71.4 Å². The molecule has 30 heavy (non-hydrogen) atoms. The van der Waals surface area contributed by atoms with E-state index in [9.17, 15) is 22.8 Å². The number of hydrogen-bond acceptors (Lipinski definition) is 3. The van der Waals surface area contributed by atoms with Crippen LogP contribution in [0, 0.1) is 0 Å². The van der Waals surface area contributed by atoms with Gasteiger partial charge in [0.1, 0.15) is 0 Å². The number of esters is 1. The third-order valence-electron chi connectivity index (χ3n) is 5.07. The standard InChI is InChI=1S/C23H20F3NO3/c1-14(16-9-5-4-6-10-16)27-15(2)20(22(29)30-3)18(21(27)28)13-17-11-7-8-12-19(17)23(24,25)26/h4-14H,1-3H3/b18-13-/t14-/m0/s1. The summed E-state index contributed by atoms with van der Waals surface area (Å²) >= 11 is 0. The molecule has 3 rings (SSSR count). The van der Waals surface area contributed by atoms with Crippen molar-refractivity contribution in [2.45, 2.75) is 26.1 Å².